The number of amides is 1. The summed E-state index contributed by atoms with van der Waals surface area (Å²) in [5.41, 5.74) is 8.31. The molecule has 0 saturated heterocycles. The first-order valence-electron chi connectivity index (χ1n) is 8.79. The zero-order valence-corrected chi connectivity index (χ0v) is 15.4. The highest BCUT2D eigenvalue weighted by Crippen LogP contribution is 2.39. The molecule has 3 rings (SSSR count). The summed E-state index contributed by atoms with van der Waals surface area (Å²) in [5, 5.41) is 3.16. The molecule has 8 heteroatoms. The number of ether oxygens (including phenoxy) is 1. The summed E-state index contributed by atoms with van der Waals surface area (Å²) in [5.74, 6) is 0. The van der Waals surface area contributed by atoms with Gasteiger partial charge >= 0.3 is 12.3 Å². The topological polar surface area (TPSA) is 69.3 Å². The second-order valence-electron chi connectivity index (χ2n) is 6.16. The molecule has 1 heterocycles. The van der Waals surface area contributed by atoms with Crippen molar-refractivity contribution in [3.8, 4) is 11.3 Å². The van der Waals surface area contributed by atoms with Crippen LogP contribution in [0.4, 0.5) is 29.3 Å². The molecule has 0 aliphatic carbocycles. The van der Waals surface area contributed by atoms with E-state index in [1.807, 2.05) is 6.92 Å². The molecule has 0 radical (unpaired) electrons. The molecule has 0 spiro atoms. The molecule has 0 fully saturated rings. The minimum atomic E-state index is -4.42. The number of hydrogen-bond acceptors (Lipinski definition) is 3. The number of carbonyl (C=O) groups is 1. The minimum absolute atomic E-state index is 0.261. The Bertz CT molecular complexity index is 1010. The van der Waals surface area contributed by atoms with Crippen LogP contribution in [0, 0.1) is 0 Å². The first-order valence-corrected chi connectivity index (χ1v) is 8.79. The number of nitrogen functional groups attached to an aromatic ring is 1. The largest absolute Gasteiger partial charge is 0.450 e. The van der Waals surface area contributed by atoms with Crippen LogP contribution in [0.15, 0.2) is 42.5 Å². The molecule has 0 aliphatic heterocycles. The fourth-order valence-electron chi connectivity index (χ4n) is 3.19. The Kier molecular flexibility index (Phi) is 5.22. The first kappa shape index (κ1) is 19.6. The highest BCUT2D eigenvalue weighted by atomic mass is 19.4. The van der Waals surface area contributed by atoms with Crippen LogP contribution in [-0.2, 0) is 17.5 Å². The number of benzene rings is 2. The maximum Gasteiger partial charge on any atom is 0.416 e. The van der Waals surface area contributed by atoms with Gasteiger partial charge in [-0.05, 0) is 38.1 Å². The van der Waals surface area contributed by atoms with Crippen molar-refractivity contribution in [3.05, 3.63) is 48.0 Å². The summed E-state index contributed by atoms with van der Waals surface area (Å²) in [6, 6.07) is 10.4. The second-order valence-corrected chi connectivity index (χ2v) is 6.16. The molecule has 2 aromatic carbocycles. The number of aryl methyl sites for hydroxylation is 1. The van der Waals surface area contributed by atoms with Crippen LogP contribution in [-0.4, -0.2) is 17.3 Å². The molecule has 0 bridgehead atoms. The van der Waals surface area contributed by atoms with Crippen molar-refractivity contribution in [1.29, 1.82) is 0 Å². The quantitative estimate of drug-likeness (QED) is 0.617. The molecule has 0 unspecified atom stereocenters. The maximum atomic E-state index is 13.1. The van der Waals surface area contributed by atoms with Gasteiger partial charge in [-0.2, -0.15) is 13.2 Å². The number of halogens is 3. The lowest BCUT2D eigenvalue weighted by atomic mass is 10.1. The number of nitrogens with zero attached hydrogens (tertiary/aromatic N) is 1. The van der Waals surface area contributed by atoms with E-state index in [0.717, 1.165) is 17.7 Å². The lowest BCUT2D eigenvalue weighted by molar-refractivity contribution is -0.137. The molecule has 0 saturated carbocycles. The smallest absolute Gasteiger partial charge is 0.416 e. The summed E-state index contributed by atoms with van der Waals surface area (Å²) in [7, 11) is 0. The maximum absolute atomic E-state index is 13.1. The highest BCUT2D eigenvalue weighted by Gasteiger charge is 2.31. The van der Waals surface area contributed by atoms with Crippen LogP contribution in [0.5, 0.6) is 0 Å². The van der Waals surface area contributed by atoms with E-state index < -0.39 is 17.8 Å². The Hall–Kier alpha value is -3.16. The molecule has 1 aromatic heterocycles. The Morgan fingerprint density at radius 2 is 1.82 bits per heavy atom. The van der Waals surface area contributed by atoms with E-state index in [4.69, 9.17) is 10.5 Å². The van der Waals surface area contributed by atoms with Crippen LogP contribution in [0.3, 0.4) is 0 Å². The second kappa shape index (κ2) is 7.46. The van der Waals surface area contributed by atoms with Crippen molar-refractivity contribution in [2.75, 3.05) is 17.7 Å². The molecule has 3 aromatic rings. The normalized spacial score (nSPS) is 11.6. The van der Waals surface area contributed by atoms with Gasteiger partial charge in [-0.25, -0.2) is 4.79 Å². The standard InChI is InChI=1S/C20H20F3N3O2/c1-3-26-16-11-13(20(21,22)23)7-10-15(16)17(24)18(26)12-5-8-14(9-6-12)25-19(27)28-4-2/h5-11H,3-4,24H2,1-2H3,(H,25,27). The van der Waals surface area contributed by atoms with Gasteiger partial charge in [0.15, 0.2) is 0 Å². The molecular formula is C20H20F3N3O2. The van der Waals surface area contributed by atoms with E-state index in [1.54, 1.807) is 35.8 Å². The number of nitrogens with one attached hydrogen (secondary N) is 1. The van der Waals surface area contributed by atoms with Gasteiger partial charge in [0.1, 0.15) is 0 Å². The molecule has 1 amide bonds. The fourth-order valence-corrected chi connectivity index (χ4v) is 3.19. The van der Waals surface area contributed by atoms with Crippen LogP contribution in [0.1, 0.15) is 19.4 Å². The number of alkyl halides is 3. The highest BCUT2D eigenvalue weighted by molar-refractivity contribution is 6.01. The number of anilines is 2. The van der Waals surface area contributed by atoms with Crippen molar-refractivity contribution < 1.29 is 22.7 Å². The number of hydrogen-bond donors (Lipinski definition) is 2. The average Bonchev–Trinajstić information content (AvgIpc) is 2.93. The Morgan fingerprint density at radius 1 is 1.14 bits per heavy atom. The third-order valence-electron chi connectivity index (χ3n) is 4.43. The number of carbonyl (C=O) groups excluding carboxylic acids is 1. The summed E-state index contributed by atoms with van der Waals surface area (Å²) in [4.78, 5) is 11.5. The van der Waals surface area contributed by atoms with E-state index in [2.05, 4.69) is 5.32 Å². The Labute approximate surface area is 159 Å². The number of nitrogens with two attached hydrogens (primary N) is 1. The molecule has 0 atom stereocenters. The van der Waals surface area contributed by atoms with Gasteiger partial charge in [-0.15, -0.1) is 0 Å². The average molecular weight is 391 g/mol. The van der Waals surface area contributed by atoms with Gasteiger partial charge in [0, 0.05) is 23.2 Å². The Balaban J connectivity index is 2.05. The summed E-state index contributed by atoms with van der Waals surface area (Å²) in [6.07, 6.45) is -4.98. The summed E-state index contributed by atoms with van der Waals surface area (Å²) >= 11 is 0. The molecule has 5 nitrogen and oxygen atoms in total. The number of aromatic nitrogens is 1. The van der Waals surface area contributed by atoms with Crippen molar-refractivity contribution in [1.82, 2.24) is 4.57 Å². The third kappa shape index (κ3) is 3.62. The predicted octanol–water partition coefficient (Wildman–Crippen LogP) is 5.50. The van der Waals surface area contributed by atoms with Gasteiger partial charge in [0.2, 0.25) is 0 Å². The van der Waals surface area contributed by atoms with Crippen LogP contribution in [0.25, 0.3) is 22.2 Å². The zero-order chi connectivity index (χ0) is 20.5. The molecule has 28 heavy (non-hydrogen) atoms. The van der Waals surface area contributed by atoms with Crippen LogP contribution < -0.4 is 11.1 Å². The first-order chi connectivity index (χ1) is 13.3. The van der Waals surface area contributed by atoms with E-state index in [9.17, 15) is 18.0 Å². The lowest BCUT2D eigenvalue weighted by Gasteiger charge is -2.11. The van der Waals surface area contributed by atoms with Crippen molar-refractivity contribution >= 4 is 28.4 Å². The Morgan fingerprint density at radius 3 is 2.39 bits per heavy atom. The van der Waals surface area contributed by atoms with Gasteiger partial charge in [-0.3, -0.25) is 5.32 Å². The predicted molar refractivity (Wildman–Crippen MR) is 103 cm³/mol. The molecule has 3 N–H and O–H groups in total. The fraction of sp³-hybridized carbons (Fsp3) is 0.250. The number of fused-ring (bicyclic) bond motifs is 1. The van der Waals surface area contributed by atoms with Gasteiger partial charge in [0.05, 0.1) is 29.1 Å². The summed E-state index contributed by atoms with van der Waals surface area (Å²) < 4.78 is 45.9. The van der Waals surface area contributed by atoms with Crippen molar-refractivity contribution in [2.24, 2.45) is 0 Å². The molecular weight excluding hydrogens is 371 g/mol. The zero-order valence-electron chi connectivity index (χ0n) is 15.4. The molecule has 148 valence electrons. The third-order valence-corrected chi connectivity index (χ3v) is 4.43. The van der Waals surface area contributed by atoms with Gasteiger partial charge in [-0.1, -0.05) is 18.2 Å². The SMILES string of the molecule is CCOC(=O)Nc1ccc(-c2c(N)c3ccc(C(F)(F)F)cc3n2CC)cc1. The van der Waals surface area contributed by atoms with Crippen LogP contribution in [0.2, 0.25) is 0 Å². The van der Waals surface area contributed by atoms with Crippen molar-refractivity contribution in [3.63, 3.8) is 0 Å². The van der Waals surface area contributed by atoms with Gasteiger partial charge < -0.3 is 15.0 Å². The number of rotatable bonds is 4. The van der Waals surface area contributed by atoms with E-state index in [0.29, 0.717) is 34.5 Å². The van der Waals surface area contributed by atoms with E-state index in [-0.39, 0.29) is 6.61 Å². The van der Waals surface area contributed by atoms with E-state index in [1.165, 1.54) is 6.07 Å². The van der Waals surface area contributed by atoms with E-state index >= 15 is 0 Å². The van der Waals surface area contributed by atoms with Crippen LogP contribution >= 0.6 is 0 Å². The molecule has 0 aliphatic rings. The monoisotopic (exact) mass is 391 g/mol. The minimum Gasteiger partial charge on any atom is -0.450 e. The summed E-state index contributed by atoms with van der Waals surface area (Å²) in [6.45, 7) is 4.27. The van der Waals surface area contributed by atoms with Crippen molar-refractivity contribution in [2.45, 2.75) is 26.6 Å². The van der Waals surface area contributed by atoms with Gasteiger partial charge in [0.25, 0.3) is 0 Å². The lowest BCUT2D eigenvalue weighted by Crippen LogP contribution is -2.13.